The molecule has 0 fully saturated rings. The maximum absolute atomic E-state index is 11.0. The van der Waals surface area contributed by atoms with Crippen LogP contribution in [0.25, 0.3) is 6.08 Å². The second-order valence-electron chi connectivity index (χ2n) is 2.56. The topological polar surface area (TPSA) is 26.3 Å². The molecule has 1 rings (SSSR count). The predicted octanol–water partition coefficient (Wildman–Crippen LogP) is 4.34. The van der Waals surface area contributed by atoms with Gasteiger partial charge < -0.3 is 4.74 Å². The third-order valence-electron chi connectivity index (χ3n) is 1.57. The molecule has 0 heterocycles. The Balaban J connectivity index is 2.97. The molecule has 76 valence electrons. The summed E-state index contributed by atoms with van der Waals surface area (Å²) in [6, 6.07) is 7.30. The zero-order chi connectivity index (χ0) is 10.6. The summed E-state index contributed by atoms with van der Waals surface area (Å²) in [4.78, 5) is 0. The molecule has 1 aromatic carbocycles. The Hall–Kier alpha value is -0.430. The van der Waals surface area contributed by atoms with Gasteiger partial charge in [0.2, 0.25) is 0 Å². The largest absolute Gasteiger partial charge is 0.496 e. The van der Waals surface area contributed by atoms with Gasteiger partial charge in [-0.15, -0.1) is 0 Å². The molecule has 0 aliphatic heterocycles. The molecule has 0 aromatic heterocycles. The first-order valence-corrected chi connectivity index (χ1v) is 7.43. The molecule has 0 saturated heterocycles. The molecular formula is C9H9Cl2O2P. The molecule has 2 nitrogen and oxygen atoms in total. The molecule has 0 unspecified atom stereocenters. The Labute approximate surface area is 92.4 Å². The lowest BCUT2D eigenvalue weighted by atomic mass is 10.2. The van der Waals surface area contributed by atoms with Crippen molar-refractivity contribution in [2.45, 2.75) is 0 Å². The van der Waals surface area contributed by atoms with Crippen LogP contribution in [0.2, 0.25) is 0 Å². The van der Waals surface area contributed by atoms with Gasteiger partial charge in [-0.25, -0.2) is 0 Å². The van der Waals surface area contributed by atoms with Crippen molar-refractivity contribution in [1.29, 1.82) is 0 Å². The van der Waals surface area contributed by atoms with E-state index in [9.17, 15) is 4.57 Å². The SMILES string of the molecule is COc1ccccc1/C=C/P(=O)(Cl)Cl. The van der Waals surface area contributed by atoms with Gasteiger partial charge in [0.25, 0.3) is 5.85 Å². The summed E-state index contributed by atoms with van der Waals surface area (Å²) in [6.45, 7) is 0. The molecule has 0 aliphatic rings. The van der Waals surface area contributed by atoms with E-state index >= 15 is 0 Å². The third kappa shape index (κ3) is 3.75. The van der Waals surface area contributed by atoms with E-state index in [0.29, 0.717) is 5.75 Å². The van der Waals surface area contributed by atoms with Crippen LogP contribution in [0.5, 0.6) is 5.75 Å². The van der Waals surface area contributed by atoms with Crippen LogP contribution in [-0.2, 0) is 4.57 Å². The van der Waals surface area contributed by atoms with Gasteiger partial charge in [-0.2, -0.15) is 0 Å². The summed E-state index contributed by atoms with van der Waals surface area (Å²) in [5.74, 6) is -1.20. The van der Waals surface area contributed by atoms with E-state index < -0.39 is 5.85 Å². The van der Waals surface area contributed by atoms with E-state index in [0.717, 1.165) is 5.56 Å². The number of hydrogen-bond acceptors (Lipinski definition) is 2. The highest BCUT2D eigenvalue weighted by molar-refractivity contribution is 8.10. The van der Waals surface area contributed by atoms with Crippen molar-refractivity contribution in [3.05, 3.63) is 35.6 Å². The standard InChI is InChI=1S/C9H9Cl2O2P/c1-13-9-5-3-2-4-8(9)6-7-14(10,11)12/h2-7H,1H3/b7-6+. The zero-order valence-electron chi connectivity index (χ0n) is 7.48. The lowest BCUT2D eigenvalue weighted by Crippen LogP contribution is -1.84. The Morgan fingerprint density at radius 2 is 2.00 bits per heavy atom. The van der Waals surface area contributed by atoms with Crippen molar-refractivity contribution in [3.8, 4) is 5.75 Å². The van der Waals surface area contributed by atoms with Crippen LogP contribution < -0.4 is 4.74 Å². The van der Waals surface area contributed by atoms with E-state index in [4.69, 9.17) is 27.2 Å². The molecule has 0 saturated carbocycles. The van der Waals surface area contributed by atoms with Crippen molar-refractivity contribution in [3.63, 3.8) is 0 Å². The van der Waals surface area contributed by atoms with Crippen LogP contribution in [-0.4, -0.2) is 7.11 Å². The Morgan fingerprint density at radius 3 is 2.57 bits per heavy atom. The first-order chi connectivity index (χ1) is 6.53. The Bertz CT molecular complexity index is 384. The van der Waals surface area contributed by atoms with Crippen LogP contribution in [0.1, 0.15) is 5.56 Å². The van der Waals surface area contributed by atoms with Crippen LogP contribution in [0.3, 0.4) is 0 Å². The quantitative estimate of drug-likeness (QED) is 0.747. The first kappa shape index (κ1) is 11.6. The van der Waals surface area contributed by atoms with E-state index in [1.807, 2.05) is 18.2 Å². The van der Waals surface area contributed by atoms with Gasteiger partial charge in [-0.1, -0.05) is 18.2 Å². The minimum atomic E-state index is -3.15. The molecule has 0 atom stereocenters. The van der Waals surface area contributed by atoms with Gasteiger partial charge in [0.05, 0.1) is 7.11 Å². The van der Waals surface area contributed by atoms with Crippen LogP contribution in [0.15, 0.2) is 30.1 Å². The normalized spacial score (nSPS) is 11.9. The fraction of sp³-hybridized carbons (Fsp3) is 0.111. The number of benzene rings is 1. The molecular weight excluding hydrogens is 242 g/mol. The van der Waals surface area contributed by atoms with Crippen molar-refractivity contribution < 1.29 is 9.30 Å². The predicted molar refractivity (Wildman–Crippen MR) is 61.3 cm³/mol. The lowest BCUT2D eigenvalue weighted by molar-refractivity contribution is 0.414. The number of halogens is 2. The summed E-state index contributed by atoms with van der Waals surface area (Å²) >= 11 is 10.7. The van der Waals surface area contributed by atoms with Gasteiger partial charge in [-0.05, 0) is 34.6 Å². The second-order valence-corrected chi connectivity index (χ2v) is 7.40. The first-order valence-electron chi connectivity index (χ1n) is 3.84. The van der Waals surface area contributed by atoms with E-state index in [1.54, 1.807) is 19.3 Å². The van der Waals surface area contributed by atoms with Crippen molar-refractivity contribution in [2.75, 3.05) is 7.11 Å². The maximum atomic E-state index is 11.0. The minimum absolute atomic E-state index is 0.686. The molecule has 5 heteroatoms. The summed E-state index contributed by atoms with van der Waals surface area (Å²) in [5, 5.41) is 0. The summed E-state index contributed by atoms with van der Waals surface area (Å²) in [7, 11) is 1.56. The maximum Gasteiger partial charge on any atom is 0.274 e. The molecule has 0 radical (unpaired) electrons. The second kappa shape index (κ2) is 4.88. The number of ether oxygens (including phenoxy) is 1. The summed E-state index contributed by atoms with van der Waals surface area (Å²) < 4.78 is 16.1. The van der Waals surface area contributed by atoms with Gasteiger partial charge >= 0.3 is 0 Å². The van der Waals surface area contributed by atoms with Crippen molar-refractivity contribution in [1.82, 2.24) is 0 Å². The molecule has 0 spiro atoms. The lowest BCUT2D eigenvalue weighted by Gasteiger charge is -2.03. The fourth-order valence-electron chi connectivity index (χ4n) is 0.971. The van der Waals surface area contributed by atoms with Gasteiger partial charge in [0, 0.05) is 11.4 Å². The highest BCUT2D eigenvalue weighted by Crippen LogP contribution is 2.58. The molecule has 0 amide bonds. The highest BCUT2D eigenvalue weighted by Gasteiger charge is 2.07. The molecule has 1 aromatic rings. The summed E-state index contributed by atoms with van der Waals surface area (Å²) in [6.07, 6.45) is 1.58. The van der Waals surface area contributed by atoms with Crippen LogP contribution >= 0.6 is 28.3 Å². The molecule has 14 heavy (non-hydrogen) atoms. The van der Waals surface area contributed by atoms with Gasteiger partial charge in [0.1, 0.15) is 5.75 Å². The monoisotopic (exact) mass is 250 g/mol. The van der Waals surface area contributed by atoms with Crippen molar-refractivity contribution >= 4 is 34.4 Å². The Kier molecular flexibility index (Phi) is 4.06. The minimum Gasteiger partial charge on any atom is -0.496 e. The van der Waals surface area contributed by atoms with E-state index in [-0.39, 0.29) is 0 Å². The number of methoxy groups -OCH3 is 1. The molecule has 0 N–H and O–H groups in total. The zero-order valence-corrected chi connectivity index (χ0v) is 9.89. The average molecular weight is 251 g/mol. The fourth-order valence-corrected chi connectivity index (χ4v) is 1.64. The number of rotatable bonds is 3. The van der Waals surface area contributed by atoms with Gasteiger partial charge in [0.15, 0.2) is 0 Å². The van der Waals surface area contributed by atoms with E-state index in [1.165, 1.54) is 5.82 Å². The third-order valence-corrected chi connectivity index (χ3v) is 2.74. The number of para-hydroxylation sites is 1. The van der Waals surface area contributed by atoms with Gasteiger partial charge in [-0.3, -0.25) is 4.57 Å². The smallest absolute Gasteiger partial charge is 0.274 e. The molecule has 0 aliphatic carbocycles. The Morgan fingerprint density at radius 1 is 1.36 bits per heavy atom. The van der Waals surface area contributed by atoms with Crippen LogP contribution in [0, 0.1) is 0 Å². The van der Waals surface area contributed by atoms with Crippen molar-refractivity contribution in [2.24, 2.45) is 0 Å². The average Bonchev–Trinajstić information content (AvgIpc) is 2.14. The number of hydrogen-bond donors (Lipinski definition) is 0. The summed E-state index contributed by atoms with van der Waals surface area (Å²) in [5.41, 5.74) is 0.788. The van der Waals surface area contributed by atoms with Crippen LogP contribution in [0.4, 0.5) is 0 Å². The molecule has 0 bridgehead atoms. The highest BCUT2D eigenvalue weighted by atomic mass is 35.9. The van der Waals surface area contributed by atoms with E-state index in [2.05, 4.69) is 0 Å².